The Balaban J connectivity index is 1.64. The Morgan fingerprint density at radius 2 is 2.18 bits per heavy atom. The van der Waals surface area contributed by atoms with Gasteiger partial charge in [-0.1, -0.05) is 25.4 Å². The number of hydrogen-bond acceptors (Lipinski definition) is 6. The minimum atomic E-state index is -0.853. The van der Waals surface area contributed by atoms with E-state index >= 15 is 0 Å². The van der Waals surface area contributed by atoms with Crippen molar-refractivity contribution in [3.63, 3.8) is 0 Å². The first-order chi connectivity index (χ1) is 13.4. The quantitative estimate of drug-likeness (QED) is 0.672. The Kier molecular flexibility index (Phi) is 5.26. The van der Waals surface area contributed by atoms with Crippen LogP contribution in [0.3, 0.4) is 0 Å². The maximum atomic E-state index is 14.5. The first-order valence-electron chi connectivity index (χ1n) is 9.54. The topological polar surface area (TPSA) is 60.4 Å². The van der Waals surface area contributed by atoms with Gasteiger partial charge >= 0.3 is 6.01 Å². The molecule has 28 heavy (non-hydrogen) atoms. The fraction of sp³-hybridized carbons (Fsp3) is 0.632. The van der Waals surface area contributed by atoms with Crippen LogP contribution >= 0.6 is 11.6 Å². The van der Waals surface area contributed by atoms with Crippen molar-refractivity contribution in [2.24, 2.45) is 5.92 Å². The molecule has 9 heteroatoms. The summed E-state index contributed by atoms with van der Waals surface area (Å²) in [5, 5.41) is 0.0591. The lowest BCUT2D eigenvalue weighted by Gasteiger charge is -2.30. The number of rotatable bonds is 6. The van der Waals surface area contributed by atoms with Crippen molar-refractivity contribution < 1.29 is 18.3 Å². The molecule has 6 nitrogen and oxygen atoms in total. The van der Waals surface area contributed by atoms with E-state index in [0.717, 1.165) is 19.4 Å². The van der Waals surface area contributed by atoms with Crippen LogP contribution in [0.1, 0.15) is 33.1 Å². The summed E-state index contributed by atoms with van der Waals surface area (Å²) in [6.07, 6.45) is 2.84. The summed E-state index contributed by atoms with van der Waals surface area (Å²) in [7, 11) is 0. The summed E-state index contributed by atoms with van der Waals surface area (Å²) in [4.78, 5) is 14.5. The van der Waals surface area contributed by atoms with Gasteiger partial charge in [0.25, 0.3) is 0 Å². The van der Waals surface area contributed by atoms with Gasteiger partial charge < -0.3 is 9.47 Å². The number of hydrogen-bond donors (Lipinski definition) is 0. The summed E-state index contributed by atoms with van der Waals surface area (Å²) in [5.41, 5.74) is -0.343. The van der Waals surface area contributed by atoms with Gasteiger partial charge in [0.05, 0.1) is 17.5 Å². The molecule has 2 aromatic heterocycles. The third-order valence-corrected chi connectivity index (χ3v) is 5.63. The molecule has 2 atom stereocenters. The highest BCUT2D eigenvalue weighted by Gasteiger charge is 2.49. The summed E-state index contributed by atoms with van der Waals surface area (Å²) >= 11 is 5.81. The maximum absolute atomic E-state index is 14.5. The highest BCUT2D eigenvalue weighted by Crippen LogP contribution is 2.40. The van der Waals surface area contributed by atoms with Crippen molar-refractivity contribution >= 4 is 22.5 Å². The second-order valence-corrected chi connectivity index (χ2v) is 8.36. The van der Waals surface area contributed by atoms with Gasteiger partial charge in [-0.3, -0.25) is 4.90 Å². The number of fused-ring (bicyclic) bond motifs is 2. The van der Waals surface area contributed by atoms with Gasteiger partial charge in [-0.25, -0.2) is 13.8 Å². The Morgan fingerprint density at radius 3 is 2.96 bits per heavy atom. The van der Waals surface area contributed by atoms with Gasteiger partial charge in [0, 0.05) is 19.2 Å². The number of ether oxygens (including phenoxy) is 2. The molecule has 4 rings (SSSR count). The van der Waals surface area contributed by atoms with Crippen LogP contribution in [-0.4, -0.2) is 57.9 Å². The fourth-order valence-electron chi connectivity index (χ4n) is 4.06. The molecule has 4 heterocycles. The van der Waals surface area contributed by atoms with Gasteiger partial charge in [-0.2, -0.15) is 9.97 Å². The first kappa shape index (κ1) is 19.5. The molecule has 2 fully saturated rings. The molecule has 2 aliphatic heterocycles. The second-order valence-electron chi connectivity index (χ2n) is 8.01. The van der Waals surface area contributed by atoms with Gasteiger partial charge in [-0.05, 0) is 25.3 Å². The zero-order valence-corrected chi connectivity index (χ0v) is 16.7. The summed E-state index contributed by atoms with van der Waals surface area (Å²) < 4.78 is 40.0. The SMILES string of the molecule is CC(C)COc1nc(OC[C@@]23CCCN2C[C@H](F)C3)nc2c(F)c(Cl)ncc12. The first-order valence-corrected chi connectivity index (χ1v) is 9.92. The molecule has 0 N–H and O–H groups in total. The van der Waals surface area contributed by atoms with Gasteiger partial charge in [0.2, 0.25) is 5.88 Å². The molecule has 0 spiro atoms. The Labute approximate surface area is 167 Å². The minimum absolute atomic E-state index is 0.000626. The standard InChI is InChI=1S/C19H23ClF2N4O2/c1-11(2)9-27-17-13-7-23-16(20)14(22)15(13)24-18(25-17)28-10-19-4-3-5-26(19)8-12(21)6-19/h7,11-12H,3-6,8-10H2,1-2H3/t12-,19+/m1/s1. The zero-order chi connectivity index (χ0) is 19.9. The van der Waals surface area contributed by atoms with Gasteiger partial charge in [-0.15, -0.1) is 0 Å². The van der Waals surface area contributed by atoms with E-state index in [1.807, 2.05) is 13.8 Å². The highest BCUT2D eigenvalue weighted by atomic mass is 35.5. The fourth-order valence-corrected chi connectivity index (χ4v) is 4.19. The van der Waals surface area contributed by atoms with E-state index < -0.39 is 12.0 Å². The smallest absolute Gasteiger partial charge is 0.320 e. The summed E-state index contributed by atoms with van der Waals surface area (Å²) in [6.45, 7) is 5.94. The van der Waals surface area contributed by atoms with E-state index in [0.29, 0.717) is 25.0 Å². The van der Waals surface area contributed by atoms with E-state index in [-0.39, 0.29) is 40.6 Å². The monoisotopic (exact) mass is 412 g/mol. The van der Waals surface area contributed by atoms with Crippen LogP contribution < -0.4 is 9.47 Å². The molecular weight excluding hydrogens is 390 g/mol. The van der Waals surface area contributed by atoms with Crippen molar-refractivity contribution in [1.82, 2.24) is 19.9 Å². The van der Waals surface area contributed by atoms with Crippen molar-refractivity contribution in [1.29, 1.82) is 0 Å². The van der Waals surface area contributed by atoms with E-state index in [1.165, 1.54) is 6.20 Å². The number of pyridine rings is 1. The lowest BCUT2D eigenvalue weighted by molar-refractivity contribution is 0.106. The van der Waals surface area contributed by atoms with Crippen LogP contribution in [0.2, 0.25) is 5.15 Å². The molecular formula is C19H23ClF2N4O2. The van der Waals surface area contributed by atoms with Crippen LogP contribution in [0, 0.1) is 11.7 Å². The molecule has 0 amide bonds. The number of alkyl halides is 1. The van der Waals surface area contributed by atoms with E-state index in [9.17, 15) is 8.78 Å². The van der Waals surface area contributed by atoms with Crippen LogP contribution in [-0.2, 0) is 0 Å². The second kappa shape index (κ2) is 7.55. The van der Waals surface area contributed by atoms with Crippen LogP contribution in [0.5, 0.6) is 11.9 Å². The number of nitrogens with zero attached hydrogens (tertiary/aromatic N) is 4. The van der Waals surface area contributed by atoms with E-state index in [2.05, 4.69) is 19.9 Å². The zero-order valence-electron chi connectivity index (χ0n) is 15.9. The van der Waals surface area contributed by atoms with Crippen LogP contribution in [0.4, 0.5) is 8.78 Å². The Hall–Kier alpha value is -1.80. The number of aromatic nitrogens is 3. The average molecular weight is 413 g/mol. The van der Waals surface area contributed by atoms with Crippen molar-refractivity contribution in [3.05, 3.63) is 17.2 Å². The van der Waals surface area contributed by atoms with Crippen molar-refractivity contribution in [3.8, 4) is 11.9 Å². The van der Waals surface area contributed by atoms with Gasteiger partial charge in [0.15, 0.2) is 11.0 Å². The molecule has 0 unspecified atom stereocenters. The number of halogens is 3. The maximum Gasteiger partial charge on any atom is 0.320 e. The molecule has 2 aromatic rings. The molecule has 152 valence electrons. The summed E-state index contributed by atoms with van der Waals surface area (Å²) in [6, 6.07) is -0.00374. The molecule has 0 aromatic carbocycles. The molecule has 2 saturated heterocycles. The molecule has 0 radical (unpaired) electrons. The molecule has 0 bridgehead atoms. The molecule has 2 aliphatic rings. The molecule has 0 aliphatic carbocycles. The average Bonchev–Trinajstić information content (AvgIpc) is 3.17. The Bertz CT molecular complexity index is 885. The lowest BCUT2D eigenvalue weighted by atomic mass is 9.95. The van der Waals surface area contributed by atoms with Crippen molar-refractivity contribution in [2.45, 2.75) is 44.8 Å². The summed E-state index contributed by atoms with van der Waals surface area (Å²) in [5.74, 6) is -0.288. The van der Waals surface area contributed by atoms with Gasteiger partial charge in [0.1, 0.15) is 18.3 Å². The highest BCUT2D eigenvalue weighted by molar-refractivity contribution is 6.30. The lowest BCUT2D eigenvalue weighted by Crippen LogP contribution is -2.43. The van der Waals surface area contributed by atoms with Crippen LogP contribution in [0.25, 0.3) is 10.9 Å². The minimum Gasteiger partial charge on any atom is -0.477 e. The van der Waals surface area contributed by atoms with Crippen molar-refractivity contribution in [2.75, 3.05) is 26.3 Å². The third kappa shape index (κ3) is 3.59. The predicted octanol–water partition coefficient (Wildman–Crippen LogP) is 3.81. The largest absolute Gasteiger partial charge is 0.477 e. The predicted molar refractivity (Wildman–Crippen MR) is 101 cm³/mol. The molecule has 0 saturated carbocycles. The van der Waals surface area contributed by atoms with E-state index in [1.54, 1.807) is 0 Å². The normalized spacial score (nSPS) is 24.9. The third-order valence-electron chi connectivity index (χ3n) is 5.37. The van der Waals surface area contributed by atoms with Crippen LogP contribution in [0.15, 0.2) is 6.20 Å². The Morgan fingerprint density at radius 1 is 1.36 bits per heavy atom. The van der Waals surface area contributed by atoms with E-state index in [4.69, 9.17) is 21.1 Å².